The van der Waals surface area contributed by atoms with Gasteiger partial charge < -0.3 is 5.73 Å². The van der Waals surface area contributed by atoms with E-state index in [9.17, 15) is 0 Å². The van der Waals surface area contributed by atoms with Gasteiger partial charge in [-0.15, -0.1) is 0 Å². The van der Waals surface area contributed by atoms with Crippen molar-refractivity contribution >= 4 is 15.9 Å². The lowest BCUT2D eigenvalue weighted by molar-refractivity contribution is 0.191. The number of hydrogen-bond acceptors (Lipinski definition) is 3. The van der Waals surface area contributed by atoms with Gasteiger partial charge in [0.1, 0.15) is 0 Å². The molecule has 1 atom stereocenters. The molecule has 0 spiro atoms. The highest BCUT2D eigenvalue weighted by Gasteiger charge is 2.33. The quantitative estimate of drug-likeness (QED) is 0.878. The van der Waals surface area contributed by atoms with Crippen LogP contribution < -0.4 is 5.73 Å². The minimum Gasteiger partial charge on any atom is -0.329 e. The second-order valence-corrected chi connectivity index (χ2v) is 5.57. The Morgan fingerprint density at radius 3 is 2.82 bits per heavy atom. The molecule has 0 radical (unpaired) electrons. The van der Waals surface area contributed by atoms with Gasteiger partial charge in [-0.05, 0) is 53.4 Å². The average Bonchev–Trinajstić information content (AvgIpc) is 3.13. The first kappa shape index (κ1) is 13.0. The Kier molecular flexibility index (Phi) is 4.54. The van der Waals surface area contributed by atoms with E-state index in [1.54, 1.807) is 0 Å². The van der Waals surface area contributed by atoms with Crippen molar-refractivity contribution in [1.29, 1.82) is 0 Å². The summed E-state index contributed by atoms with van der Waals surface area (Å²) in [4.78, 5) is 6.79. The molecule has 1 aromatic rings. The molecule has 1 aliphatic rings. The van der Waals surface area contributed by atoms with E-state index < -0.39 is 0 Å². The van der Waals surface area contributed by atoms with Crippen LogP contribution in [0.3, 0.4) is 0 Å². The molecule has 0 bridgehead atoms. The first-order chi connectivity index (χ1) is 8.26. The first-order valence-electron chi connectivity index (χ1n) is 6.32. The maximum Gasteiger partial charge on any atom is 0.0489 e. The van der Waals surface area contributed by atoms with Gasteiger partial charge in [-0.1, -0.05) is 6.92 Å². The van der Waals surface area contributed by atoms with Crippen LogP contribution in [0, 0.1) is 0 Å². The van der Waals surface area contributed by atoms with Crippen molar-refractivity contribution < 1.29 is 0 Å². The summed E-state index contributed by atoms with van der Waals surface area (Å²) in [6, 6.07) is 3.19. The summed E-state index contributed by atoms with van der Waals surface area (Å²) in [5.74, 6) is 0. The number of pyridine rings is 1. The molecule has 1 heterocycles. The molecule has 1 unspecified atom stereocenters. The topological polar surface area (TPSA) is 42.1 Å². The predicted molar refractivity (Wildman–Crippen MR) is 73.8 cm³/mol. The minimum atomic E-state index is 0.312. The number of aromatic nitrogens is 1. The summed E-state index contributed by atoms with van der Waals surface area (Å²) < 4.78 is 1.03. The molecule has 0 saturated heterocycles. The van der Waals surface area contributed by atoms with Gasteiger partial charge in [-0.3, -0.25) is 9.88 Å². The number of rotatable bonds is 6. The molecule has 1 aliphatic carbocycles. The maximum absolute atomic E-state index is 5.97. The molecule has 17 heavy (non-hydrogen) atoms. The predicted octanol–water partition coefficient (Wildman–Crippen LogP) is 2.72. The van der Waals surface area contributed by atoms with Crippen LogP contribution in [-0.4, -0.2) is 29.0 Å². The van der Waals surface area contributed by atoms with Crippen molar-refractivity contribution in [2.24, 2.45) is 5.73 Å². The van der Waals surface area contributed by atoms with Gasteiger partial charge in [0.2, 0.25) is 0 Å². The molecule has 4 heteroatoms. The van der Waals surface area contributed by atoms with Gasteiger partial charge in [0.15, 0.2) is 0 Å². The smallest absolute Gasteiger partial charge is 0.0489 e. The minimum absolute atomic E-state index is 0.312. The largest absolute Gasteiger partial charge is 0.329 e. The zero-order chi connectivity index (χ0) is 12.3. The third-order valence-corrected chi connectivity index (χ3v) is 3.67. The Hall–Kier alpha value is -0.450. The lowest BCUT2D eigenvalue weighted by Crippen LogP contribution is -2.36. The van der Waals surface area contributed by atoms with Crippen LogP contribution >= 0.6 is 15.9 Å². The van der Waals surface area contributed by atoms with Gasteiger partial charge in [0.05, 0.1) is 0 Å². The third-order valence-electron chi connectivity index (χ3n) is 3.23. The second kappa shape index (κ2) is 5.94. The van der Waals surface area contributed by atoms with Gasteiger partial charge in [-0.25, -0.2) is 0 Å². The lowest BCUT2D eigenvalue weighted by Gasteiger charge is -2.31. The molecule has 3 nitrogen and oxygen atoms in total. The van der Waals surface area contributed by atoms with E-state index in [1.807, 2.05) is 12.4 Å². The molecule has 2 rings (SSSR count). The standard InChI is InChI=1S/C13H20BrN3/c1-2-5-17(12-3-4-12)13(7-15)10-6-11(14)9-16-8-10/h6,8-9,12-13H,2-5,7,15H2,1H3. The van der Waals surface area contributed by atoms with Crippen LogP contribution in [0.5, 0.6) is 0 Å². The van der Waals surface area contributed by atoms with Gasteiger partial charge >= 0.3 is 0 Å². The van der Waals surface area contributed by atoms with Gasteiger partial charge in [0.25, 0.3) is 0 Å². The van der Waals surface area contributed by atoms with Crippen LogP contribution in [0.15, 0.2) is 22.9 Å². The average molecular weight is 298 g/mol. The normalized spacial score (nSPS) is 17.4. The summed E-state index contributed by atoms with van der Waals surface area (Å²) in [5, 5.41) is 0. The fourth-order valence-corrected chi connectivity index (χ4v) is 2.71. The maximum atomic E-state index is 5.97. The van der Waals surface area contributed by atoms with E-state index in [4.69, 9.17) is 5.73 Å². The summed E-state index contributed by atoms with van der Waals surface area (Å²) in [5.41, 5.74) is 7.19. The van der Waals surface area contributed by atoms with Crippen molar-refractivity contribution in [3.05, 3.63) is 28.5 Å². The molecular formula is C13H20BrN3. The van der Waals surface area contributed by atoms with Crippen molar-refractivity contribution in [3.63, 3.8) is 0 Å². The highest BCUT2D eigenvalue weighted by molar-refractivity contribution is 9.10. The second-order valence-electron chi connectivity index (χ2n) is 4.66. The molecule has 0 aromatic carbocycles. The van der Waals surface area contributed by atoms with Crippen LogP contribution in [0.25, 0.3) is 0 Å². The van der Waals surface area contributed by atoms with Gasteiger partial charge in [-0.2, -0.15) is 0 Å². The van der Waals surface area contributed by atoms with E-state index in [0.29, 0.717) is 12.6 Å². The van der Waals surface area contributed by atoms with Crippen LogP contribution in [0.4, 0.5) is 0 Å². The molecule has 2 N–H and O–H groups in total. The SMILES string of the molecule is CCCN(C1CC1)C(CN)c1cncc(Br)c1. The fourth-order valence-electron chi connectivity index (χ4n) is 2.33. The monoisotopic (exact) mass is 297 g/mol. The lowest BCUT2D eigenvalue weighted by atomic mass is 10.1. The van der Waals surface area contributed by atoms with E-state index in [0.717, 1.165) is 17.1 Å². The molecule has 1 aromatic heterocycles. The molecule has 1 fully saturated rings. The van der Waals surface area contributed by atoms with Crippen LogP contribution in [-0.2, 0) is 0 Å². The van der Waals surface area contributed by atoms with E-state index >= 15 is 0 Å². The Bertz CT molecular complexity index is 365. The fraction of sp³-hybridized carbons (Fsp3) is 0.615. The molecular weight excluding hydrogens is 278 g/mol. The Morgan fingerprint density at radius 1 is 1.53 bits per heavy atom. The zero-order valence-electron chi connectivity index (χ0n) is 10.3. The number of halogens is 1. The van der Waals surface area contributed by atoms with Crippen LogP contribution in [0.2, 0.25) is 0 Å². The molecule has 1 saturated carbocycles. The van der Waals surface area contributed by atoms with E-state index in [1.165, 1.54) is 24.8 Å². The Morgan fingerprint density at radius 2 is 2.29 bits per heavy atom. The molecule has 0 amide bonds. The highest BCUT2D eigenvalue weighted by Crippen LogP contribution is 2.34. The van der Waals surface area contributed by atoms with Crippen molar-refractivity contribution in [1.82, 2.24) is 9.88 Å². The number of nitrogens with two attached hydrogens (primary N) is 1. The Labute approximate surface area is 112 Å². The third kappa shape index (κ3) is 3.27. The summed E-state index contributed by atoms with van der Waals surface area (Å²) >= 11 is 3.48. The molecule has 0 aliphatic heterocycles. The molecule has 94 valence electrons. The highest BCUT2D eigenvalue weighted by atomic mass is 79.9. The number of hydrogen-bond donors (Lipinski definition) is 1. The van der Waals surface area contributed by atoms with Crippen molar-refractivity contribution in [3.8, 4) is 0 Å². The summed E-state index contributed by atoms with van der Waals surface area (Å²) in [6.07, 6.45) is 7.57. The Balaban J connectivity index is 2.18. The first-order valence-corrected chi connectivity index (χ1v) is 7.11. The number of nitrogens with zero attached hydrogens (tertiary/aromatic N) is 2. The van der Waals surface area contributed by atoms with Crippen LogP contribution in [0.1, 0.15) is 37.8 Å². The van der Waals surface area contributed by atoms with Gasteiger partial charge in [0, 0.05) is 35.5 Å². The zero-order valence-corrected chi connectivity index (χ0v) is 11.9. The summed E-state index contributed by atoms with van der Waals surface area (Å²) in [7, 11) is 0. The van der Waals surface area contributed by atoms with Crippen molar-refractivity contribution in [2.45, 2.75) is 38.3 Å². The summed E-state index contributed by atoms with van der Waals surface area (Å²) in [6.45, 7) is 4.01. The van der Waals surface area contributed by atoms with Crippen molar-refractivity contribution in [2.75, 3.05) is 13.1 Å². The van der Waals surface area contributed by atoms with E-state index in [2.05, 4.69) is 38.8 Å². The van der Waals surface area contributed by atoms with E-state index in [-0.39, 0.29) is 0 Å².